The van der Waals surface area contributed by atoms with Gasteiger partial charge in [0.25, 0.3) is 0 Å². The number of anilines is 1. The number of hydrogen-bond donors (Lipinski definition) is 0. The molecule has 1 heterocycles. The fourth-order valence-electron chi connectivity index (χ4n) is 3.24. The van der Waals surface area contributed by atoms with E-state index in [-0.39, 0.29) is 5.91 Å². The topological polar surface area (TPSA) is 66.9 Å². The Hall–Kier alpha value is -1.76. The van der Waals surface area contributed by atoms with Crippen LogP contribution in [0.1, 0.15) is 32.3 Å². The smallest absolute Gasteiger partial charge is 0.246 e. The van der Waals surface area contributed by atoms with Crippen molar-refractivity contribution in [3.05, 3.63) is 23.8 Å². The molecule has 1 fully saturated rings. The second-order valence-electron chi connectivity index (χ2n) is 6.92. The molecule has 140 valence electrons. The van der Waals surface area contributed by atoms with E-state index in [1.54, 1.807) is 24.0 Å². The summed E-state index contributed by atoms with van der Waals surface area (Å²) in [6.45, 7) is 7.04. The zero-order valence-corrected chi connectivity index (χ0v) is 16.5. The third kappa shape index (κ3) is 4.45. The SMILES string of the molecule is COc1ccc(C)cc1N([C@H](C)C(=O)N1CCC(C)CC1)S(C)(=O)=O. The molecule has 0 saturated carbocycles. The fourth-order valence-corrected chi connectivity index (χ4v) is 4.40. The highest BCUT2D eigenvalue weighted by molar-refractivity contribution is 7.92. The maximum absolute atomic E-state index is 12.9. The lowest BCUT2D eigenvalue weighted by molar-refractivity contribution is -0.133. The molecule has 0 aliphatic carbocycles. The monoisotopic (exact) mass is 368 g/mol. The largest absolute Gasteiger partial charge is 0.495 e. The molecular weight excluding hydrogens is 340 g/mol. The maximum atomic E-state index is 12.9. The predicted octanol–water partition coefficient (Wildman–Crippen LogP) is 2.42. The van der Waals surface area contributed by atoms with Gasteiger partial charge in [0.15, 0.2) is 0 Å². The molecule has 7 heteroatoms. The summed E-state index contributed by atoms with van der Waals surface area (Å²) in [5.41, 5.74) is 1.30. The van der Waals surface area contributed by atoms with Gasteiger partial charge in [0, 0.05) is 13.1 Å². The van der Waals surface area contributed by atoms with Crippen LogP contribution in [-0.2, 0) is 14.8 Å². The van der Waals surface area contributed by atoms with Crippen LogP contribution in [0.4, 0.5) is 5.69 Å². The average Bonchev–Trinajstić information content (AvgIpc) is 2.54. The van der Waals surface area contributed by atoms with Gasteiger partial charge in [-0.2, -0.15) is 0 Å². The summed E-state index contributed by atoms with van der Waals surface area (Å²) in [5, 5.41) is 0. The summed E-state index contributed by atoms with van der Waals surface area (Å²) < 4.78 is 31.5. The summed E-state index contributed by atoms with van der Waals surface area (Å²) in [7, 11) is -2.16. The molecule has 1 aromatic rings. The number of likely N-dealkylation sites (tertiary alicyclic amines) is 1. The van der Waals surface area contributed by atoms with Gasteiger partial charge in [0.2, 0.25) is 15.9 Å². The highest BCUT2D eigenvalue weighted by atomic mass is 32.2. The number of sulfonamides is 1. The van der Waals surface area contributed by atoms with Gasteiger partial charge in [-0.05, 0) is 50.3 Å². The number of benzene rings is 1. The average molecular weight is 368 g/mol. The number of amides is 1. The Labute approximate surface area is 150 Å². The Kier molecular flexibility index (Phi) is 5.98. The number of carbonyl (C=O) groups excluding carboxylic acids is 1. The van der Waals surface area contributed by atoms with Gasteiger partial charge in [-0.15, -0.1) is 0 Å². The highest BCUT2D eigenvalue weighted by Gasteiger charge is 2.34. The molecule has 0 N–H and O–H groups in total. The fraction of sp³-hybridized carbons (Fsp3) is 0.611. The predicted molar refractivity (Wildman–Crippen MR) is 99.5 cm³/mol. The Morgan fingerprint density at radius 3 is 2.44 bits per heavy atom. The van der Waals surface area contributed by atoms with E-state index in [1.807, 2.05) is 13.0 Å². The first-order valence-corrected chi connectivity index (χ1v) is 10.4. The van der Waals surface area contributed by atoms with Gasteiger partial charge < -0.3 is 9.64 Å². The minimum atomic E-state index is -3.66. The molecule has 1 aromatic carbocycles. The van der Waals surface area contributed by atoms with Crippen molar-refractivity contribution in [3.63, 3.8) is 0 Å². The van der Waals surface area contributed by atoms with Crippen LogP contribution < -0.4 is 9.04 Å². The molecular formula is C18H28N2O4S. The molecule has 0 aromatic heterocycles. The standard InChI is InChI=1S/C18H28N2O4S/c1-13-8-10-19(11-9-13)18(21)15(3)20(25(5,22)23)16-12-14(2)6-7-17(16)24-4/h6-7,12-13,15H,8-11H2,1-5H3/t15-/m1/s1. The molecule has 1 aliphatic rings. The third-order valence-corrected chi connectivity index (χ3v) is 5.96. The van der Waals surface area contributed by atoms with E-state index >= 15 is 0 Å². The molecule has 2 rings (SSSR count). The second kappa shape index (κ2) is 7.64. The zero-order valence-electron chi connectivity index (χ0n) is 15.7. The first-order chi connectivity index (χ1) is 11.6. The van der Waals surface area contributed by atoms with Crippen molar-refractivity contribution in [1.82, 2.24) is 4.90 Å². The Bertz CT molecular complexity index is 725. The number of rotatable bonds is 5. The molecule has 1 atom stereocenters. The lowest BCUT2D eigenvalue weighted by atomic mass is 9.99. The van der Waals surface area contributed by atoms with E-state index in [1.165, 1.54) is 11.4 Å². The molecule has 0 radical (unpaired) electrons. The maximum Gasteiger partial charge on any atom is 0.246 e. The molecule has 0 spiro atoms. The van der Waals surface area contributed by atoms with Crippen molar-refractivity contribution in [2.75, 3.05) is 30.8 Å². The zero-order chi connectivity index (χ0) is 18.8. The summed E-state index contributed by atoms with van der Waals surface area (Å²) in [6, 6.07) is 4.49. The van der Waals surface area contributed by atoms with Crippen molar-refractivity contribution >= 4 is 21.6 Å². The van der Waals surface area contributed by atoms with Crippen LogP contribution in [0.3, 0.4) is 0 Å². The van der Waals surface area contributed by atoms with E-state index in [4.69, 9.17) is 4.74 Å². The van der Waals surface area contributed by atoms with Crippen LogP contribution in [0.2, 0.25) is 0 Å². The lowest BCUT2D eigenvalue weighted by Crippen LogP contribution is -2.51. The van der Waals surface area contributed by atoms with E-state index in [0.29, 0.717) is 30.4 Å². The summed E-state index contributed by atoms with van der Waals surface area (Å²) in [5.74, 6) is 0.867. The number of hydrogen-bond acceptors (Lipinski definition) is 4. The molecule has 1 saturated heterocycles. The molecule has 1 aliphatic heterocycles. The van der Waals surface area contributed by atoms with E-state index in [2.05, 4.69) is 6.92 Å². The van der Waals surface area contributed by atoms with E-state index < -0.39 is 16.1 Å². The number of piperidine rings is 1. The van der Waals surface area contributed by atoms with Crippen LogP contribution in [0, 0.1) is 12.8 Å². The lowest BCUT2D eigenvalue weighted by Gasteiger charge is -2.36. The van der Waals surface area contributed by atoms with Crippen LogP contribution in [-0.4, -0.2) is 51.7 Å². The van der Waals surface area contributed by atoms with E-state index in [0.717, 1.165) is 24.7 Å². The van der Waals surface area contributed by atoms with Crippen LogP contribution in [0.25, 0.3) is 0 Å². The normalized spacial score (nSPS) is 17.2. The van der Waals surface area contributed by atoms with Crippen molar-refractivity contribution in [1.29, 1.82) is 0 Å². The third-order valence-electron chi connectivity index (χ3n) is 4.73. The number of methoxy groups -OCH3 is 1. The Morgan fingerprint density at radius 1 is 1.32 bits per heavy atom. The van der Waals surface area contributed by atoms with Gasteiger partial charge in [-0.25, -0.2) is 8.42 Å². The van der Waals surface area contributed by atoms with Crippen molar-refractivity contribution in [2.45, 2.75) is 39.7 Å². The van der Waals surface area contributed by atoms with Crippen molar-refractivity contribution in [3.8, 4) is 5.75 Å². The molecule has 25 heavy (non-hydrogen) atoms. The van der Waals surface area contributed by atoms with Gasteiger partial charge in [-0.1, -0.05) is 13.0 Å². The quantitative estimate of drug-likeness (QED) is 0.800. The highest BCUT2D eigenvalue weighted by Crippen LogP contribution is 2.33. The van der Waals surface area contributed by atoms with Gasteiger partial charge >= 0.3 is 0 Å². The minimum Gasteiger partial charge on any atom is -0.495 e. The number of aryl methyl sites for hydroxylation is 1. The summed E-state index contributed by atoms with van der Waals surface area (Å²) in [4.78, 5) is 14.7. The second-order valence-corrected chi connectivity index (χ2v) is 8.78. The van der Waals surface area contributed by atoms with Gasteiger partial charge in [0.1, 0.15) is 11.8 Å². The van der Waals surface area contributed by atoms with Crippen LogP contribution in [0.5, 0.6) is 5.75 Å². The number of ether oxygens (including phenoxy) is 1. The summed E-state index contributed by atoms with van der Waals surface area (Å²) >= 11 is 0. The van der Waals surface area contributed by atoms with Gasteiger partial charge in [-0.3, -0.25) is 9.10 Å². The minimum absolute atomic E-state index is 0.166. The summed E-state index contributed by atoms with van der Waals surface area (Å²) in [6.07, 6.45) is 3.02. The van der Waals surface area contributed by atoms with Gasteiger partial charge in [0.05, 0.1) is 19.1 Å². The van der Waals surface area contributed by atoms with Crippen LogP contribution in [0.15, 0.2) is 18.2 Å². The molecule has 1 amide bonds. The molecule has 0 unspecified atom stereocenters. The van der Waals surface area contributed by atoms with Crippen molar-refractivity contribution in [2.24, 2.45) is 5.92 Å². The Balaban J connectivity index is 2.38. The first-order valence-electron chi connectivity index (χ1n) is 8.58. The van der Waals surface area contributed by atoms with E-state index in [9.17, 15) is 13.2 Å². The first kappa shape index (κ1) is 19.6. The Morgan fingerprint density at radius 2 is 1.92 bits per heavy atom. The number of carbonyl (C=O) groups is 1. The molecule has 0 bridgehead atoms. The van der Waals surface area contributed by atoms with Crippen molar-refractivity contribution < 1.29 is 17.9 Å². The molecule has 6 nitrogen and oxygen atoms in total. The number of nitrogens with zero attached hydrogens (tertiary/aromatic N) is 2. The van der Waals surface area contributed by atoms with Crippen LogP contribution >= 0.6 is 0 Å².